The first-order valence-corrected chi connectivity index (χ1v) is 3.71. The average Bonchev–Trinajstić information content (AvgIpc) is 2.34. The van der Waals surface area contributed by atoms with Crippen molar-refractivity contribution in [2.75, 3.05) is 0 Å². The van der Waals surface area contributed by atoms with Gasteiger partial charge in [0.15, 0.2) is 0 Å². The van der Waals surface area contributed by atoms with Gasteiger partial charge in [0.1, 0.15) is 6.33 Å². The van der Waals surface area contributed by atoms with Gasteiger partial charge in [-0.25, -0.2) is 9.07 Å². The van der Waals surface area contributed by atoms with Crippen LogP contribution in [0.25, 0.3) is 11.0 Å². The molecule has 3 heteroatoms. The molecule has 0 aliphatic carbocycles. The molecule has 0 atom stereocenters. The Morgan fingerprint density at radius 3 is 3.00 bits per heavy atom. The summed E-state index contributed by atoms with van der Waals surface area (Å²) in [5.74, 6) is 0. The third-order valence-corrected chi connectivity index (χ3v) is 1.98. The first-order valence-electron chi connectivity index (χ1n) is 3.38. The predicted molar refractivity (Wildman–Crippen MR) is 45.7 cm³/mol. The summed E-state index contributed by atoms with van der Waals surface area (Å²) < 4.78 is 1.52. The number of hydrogen-bond acceptors (Lipinski definition) is 1. The quantitative estimate of drug-likeness (QED) is 0.588. The lowest BCUT2D eigenvalue weighted by Gasteiger charge is -1.94. The third-order valence-electron chi connectivity index (χ3n) is 1.73. The van der Waals surface area contributed by atoms with Crippen LogP contribution in [-0.2, 0) is 0 Å². The van der Waals surface area contributed by atoms with E-state index in [9.17, 15) is 0 Å². The second kappa shape index (κ2) is 2.24. The Bertz CT molecular complexity index is 392. The molecule has 1 aromatic heterocycles. The molecule has 0 amide bonds. The van der Waals surface area contributed by atoms with E-state index >= 15 is 0 Å². The maximum Gasteiger partial charge on any atom is 0.111 e. The third kappa shape index (κ3) is 0.906. The van der Waals surface area contributed by atoms with Crippen molar-refractivity contribution in [3.05, 3.63) is 30.1 Å². The number of aromatic nitrogens is 2. The molecule has 2 aromatic rings. The molecule has 0 unspecified atom stereocenters. The molecule has 1 aromatic carbocycles. The minimum absolute atomic E-state index is 0.944. The number of hydrogen-bond donors (Lipinski definition) is 0. The van der Waals surface area contributed by atoms with E-state index in [0.717, 1.165) is 16.6 Å². The van der Waals surface area contributed by atoms with Crippen molar-refractivity contribution < 1.29 is 0 Å². The summed E-state index contributed by atoms with van der Waals surface area (Å²) in [6.45, 7) is 2.02. The van der Waals surface area contributed by atoms with E-state index in [1.165, 1.54) is 4.09 Å². The molecule has 2 rings (SSSR count). The molecule has 0 N–H and O–H groups in total. The lowest BCUT2D eigenvalue weighted by atomic mass is 10.2. The lowest BCUT2D eigenvalue weighted by molar-refractivity contribution is 1.24. The molecular weight excluding hydrogens is 160 g/mol. The molecular formula is C8H7ClN2. The van der Waals surface area contributed by atoms with Gasteiger partial charge >= 0.3 is 0 Å². The number of halogens is 1. The fourth-order valence-corrected chi connectivity index (χ4v) is 1.46. The van der Waals surface area contributed by atoms with Crippen molar-refractivity contribution in [3.63, 3.8) is 0 Å². The van der Waals surface area contributed by atoms with Gasteiger partial charge in [-0.15, -0.1) is 0 Å². The average molecular weight is 167 g/mol. The highest BCUT2D eigenvalue weighted by Crippen LogP contribution is 2.17. The van der Waals surface area contributed by atoms with Crippen LogP contribution in [0.3, 0.4) is 0 Å². The highest BCUT2D eigenvalue weighted by atomic mass is 35.5. The molecule has 0 aliphatic heterocycles. The van der Waals surface area contributed by atoms with E-state index in [0.29, 0.717) is 0 Å². The standard InChI is InChI=1S/C8H7ClN2/c1-6-3-2-4-7-8(6)11(9)5-10-7/h2-5H,1H3. The van der Waals surface area contributed by atoms with E-state index in [1.807, 2.05) is 25.1 Å². The zero-order valence-corrected chi connectivity index (χ0v) is 6.84. The molecule has 0 saturated carbocycles. The molecule has 2 nitrogen and oxygen atoms in total. The second-order valence-electron chi connectivity index (χ2n) is 2.50. The van der Waals surface area contributed by atoms with Crippen LogP contribution < -0.4 is 0 Å². The maximum atomic E-state index is 5.83. The van der Waals surface area contributed by atoms with E-state index < -0.39 is 0 Å². The molecule has 1 heterocycles. The van der Waals surface area contributed by atoms with Crippen molar-refractivity contribution >= 4 is 22.8 Å². The van der Waals surface area contributed by atoms with E-state index in [2.05, 4.69) is 4.98 Å². The predicted octanol–water partition coefficient (Wildman–Crippen LogP) is 2.35. The van der Waals surface area contributed by atoms with Crippen molar-refractivity contribution in [2.45, 2.75) is 6.92 Å². The SMILES string of the molecule is Cc1cccc2ncn(Cl)c12. The number of para-hydroxylation sites is 1. The molecule has 11 heavy (non-hydrogen) atoms. The number of fused-ring (bicyclic) bond motifs is 1. The fraction of sp³-hybridized carbons (Fsp3) is 0.125. The lowest BCUT2D eigenvalue weighted by Crippen LogP contribution is -1.80. The minimum Gasteiger partial charge on any atom is -0.240 e. The molecule has 0 spiro atoms. The Balaban J connectivity index is 2.96. The summed E-state index contributed by atoms with van der Waals surface area (Å²) in [5, 5.41) is 0. The highest BCUT2D eigenvalue weighted by Gasteiger charge is 2.01. The fourth-order valence-electron chi connectivity index (χ4n) is 1.20. The van der Waals surface area contributed by atoms with Crippen molar-refractivity contribution in [3.8, 4) is 0 Å². The monoisotopic (exact) mass is 166 g/mol. The van der Waals surface area contributed by atoms with Crippen LogP contribution in [0.5, 0.6) is 0 Å². The van der Waals surface area contributed by atoms with Crippen molar-refractivity contribution in [1.82, 2.24) is 9.07 Å². The van der Waals surface area contributed by atoms with Crippen LogP contribution in [0.1, 0.15) is 5.56 Å². The number of benzene rings is 1. The summed E-state index contributed by atoms with van der Waals surface area (Å²) >= 11 is 5.83. The topological polar surface area (TPSA) is 17.8 Å². The largest absolute Gasteiger partial charge is 0.240 e. The van der Waals surface area contributed by atoms with Crippen LogP contribution in [0.2, 0.25) is 0 Å². The Hall–Kier alpha value is -1.02. The molecule has 0 bridgehead atoms. The number of nitrogens with zero attached hydrogens (tertiary/aromatic N) is 2. The van der Waals surface area contributed by atoms with Crippen LogP contribution in [0, 0.1) is 6.92 Å². The molecule has 0 radical (unpaired) electrons. The Kier molecular flexibility index (Phi) is 1.36. The number of rotatable bonds is 0. The van der Waals surface area contributed by atoms with Gasteiger partial charge in [-0.2, -0.15) is 0 Å². The highest BCUT2D eigenvalue weighted by molar-refractivity contribution is 6.18. The minimum atomic E-state index is 0.944. The normalized spacial score (nSPS) is 10.7. The van der Waals surface area contributed by atoms with Gasteiger partial charge in [0.05, 0.1) is 11.0 Å². The Labute approximate surface area is 69.5 Å². The van der Waals surface area contributed by atoms with Crippen LogP contribution >= 0.6 is 11.8 Å². The maximum absolute atomic E-state index is 5.83. The Morgan fingerprint density at radius 2 is 2.27 bits per heavy atom. The van der Waals surface area contributed by atoms with Gasteiger partial charge in [0, 0.05) is 11.8 Å². The molecule has 0 saturated heterocycles. The summed E-state index contributed by atoms with van der Waals surface area (Å²) in [6.07, 6.45) is 1.61. The van der Waals surface area contributed by atoms with Crippen molar-refractivity contribution in [1.29, 1.82) is 0 Å². The zero-order chi connectivity index (χ0) is 7.84. The van der Waals surface area contributed by atoms with Gasteiger partial charge in [-0.3, -0.25) is 0 Å². The van der Waals surface area contributed by atoms with Crippen LogP contribution in [0.15, 0.2) is 24.5 Å². The van der Waals surface area contributed by atoms with Crippen molar-refractivity contribution in [2.24, 2.45) is 0 Å². The number of aryl methyl sites for hydroxylation is 1. The van der Waals surface area contributed by atoms with Gasteiger partial charge in [-0.1, -0.05) is 12.1 Å². The van der Waals surface area contributed by atoms with Gasteiger partial charge in [-0.05, 0) is 18.6 Å². The van der Waals surface area contributed by atoms with Crippen LogP contribution in [-0.4, -0.2) is 9.07 Å². The van der Waals surface area contributed by atoms with Crippen LogP contribution in [0.4, 0.5) is 0 Å². The summed E-state index contributed by atoms with van der Waals surface area (Å²) in [4.78, 5) is 4.11. The molecule has 56 valence electrons. The summed E-state index contributed by atoms with van der Waals surface area (Å²) in [5.41, 5.74) is 3.09. The number of imidazole rings is 1. The second-order valence-corrected chi connectivity index (χ2v) is 2.86. The van der Waals surface area contributed by atoms with Gasteiger partial charge in [0.2, 0.25) is 0 Å². The van der Waals surface area contributed by atoms with Gasteiger partial charge in [0.25, 0.3) is 0 Å². The van der Waals surface area contributed by atoms with Gasteiger partial charge < -0.3 is 0 Å². The van der Waals surface area contributed by atoms with E-state index in [1.54, 1.807) is 6.33 Å². The summed E-state index contributed by atoms with van der Waals surface area (Å²) in [6, 6.07) is 5.94. The zero-order valence-electron chi connectivity index (χ0n) is 6.08. The molecule has 0 fully saturated rings. The van der Waals surface area contributed by atoms with E-state index in [-0.39, 0.29) is 0 Å². The first kappa shape index (κ1) is 6.68. The smallest absolute Gasteiger partial charge is 0.111 e. The molecule has 0 aliphatic rings. The summed E-state index contributed by atoms with van der Waals surface area (Å²) in [7, 11) is 0. The Morgan fingerprint density at radius 1 is 1.45 bits per heavy atom. The van der Waals surface area contributed by atoms with E-state index in [4.69, 9.17) is 11.8 Å². The first-order chi connectivity index (χ1) is 5.29.